The fraction of sp³-hybridized carbons (Fsp3) is 0.417. The molecule has 0 fully saturated rings. The molecule has 2 N–H and O–H groups in total. The Morgan fingerprint density at radius 1 is 1.29 bits per heavy atom. The maximum atomic E-state index is 8.74. The number of pyridine rings is 1. The molecular weight excluding hydrogens is 216 g/mol. The first-order chi connectivity index (χ1) is 8.31. The number of fused-ring (bicyclic) bond motifs is 1. The van der Waals surface area contributed by atoms with Crippen LogP contribution in [0.15, 0.2) is 18.3 Å². The quantitative estimate of drug-likeness (QED) is 0.846. The summed E-state index contributed by atoms with van der Waals surface area (Å²) >= 11 is 0. The van der Waals surface area contributed by atoms with Gasteiger partial charge in [-0.15, -0.1) is 0 Å². The molecule has 17 heavy (non-hydrogen) atoms. The van der Waals surface area contributed by atoms with Crippen molar-refractivity contribution in [1.82, 2.24) is 15.0 Å². The molecule has 5 nitrogen and oxygen atoms in total. The fourth-order valence-electron chi connectivity index (χ4n) is 1.38. The number of nitrogens with one attached hydrogen (secondary N) is 1. The number of aryl methyl sites for hydroxylation is 1. The first kappa shape index (κ1) is 13.3. The predicted molar refractivity (Wildman–Crippen MR) is 69.0 cm³/mol. The minimum absolute atomic E-state index is 0.0668. The van der Waals surface area contributed by atoms with Crippen molar-refractivity contribution in [2.24, 2.45) is 0 Å². The van der Waals surface area contributed by atoms with Gasteiger partial charge >= 0.3 is 0 Å². The van der Waals surface area contributed by atoms with E-state index in [0.29, 0.717) is 18.2 Å². The van der Waals surface area contributed by atoms with Gasteiger partial charge in [0.25, 0.3) is 0 Å². The third kappa shape index (κ3) is 3.35. The van der Waals surface area contributed by atoms with E-state index in [0.717, 1.165) is 11.0 Å². The molecule has 0 spiro atoms. The molecule has 0 radical (unpaired) electrons. The van der Waals surface area contributed by atoms with Gasteiger partial charge in [-0.05, 0) is 19.1 Å². The molecule has 0 bridgehead atoms. The van der Waals surface area contributed by atoms with Crippen molar-refractivity contribution < 1.29 is 5.11 Å². The molecule has 0 aliphatic carbocycles. The summed E-state index contributed by atoms with van der Waals surface area (Å²) in [6.45, 7) is 6.36. The smallest absolute Gasteiger partial charge is 0.156 e. The van der Waals surface area contributed by atoms with E-state index in [-0.39, 0.29) is 6.61 Å². The van der Waals surface area contributed by atoms with Gasteiger partial charge in [-0.2, -0.15) is 0 Å². The first-order valence-corrected chi connectivity index (χ1v) is 5.75. The second-order valence-electron chi connectivity index (χ2n) is 3.14. The molecule has 92 valence electrons. The van der Waals surface area contributed by atoms with E-state index in [9.17, 15) is 0 Å². The second-order valence-corrected chi connectivity index (χ2v) is 3.14. The summed E-state index contributed by atoms with van der Waals surface area (Å²) < 4.78 is 0. The average molecular weight is 234 g/mol. The zero-order valence-corrected chi connectivity index (χ0v) is 10.4. The van der Waals surface area contributed by atoms with Gasteiger partial charge in [0.1, 0.15) is 11.3 Å². The number of hydrogen-bond donors (Lipinski definition) is 2. The Bertz CT molecular complexity index is 473. The number of anilines is 1. The summed E-state index contributed by atoms with van der Waals surface area (Å²) in [5.41, 5.74) is 1.54. The molecule has 5 heteroatoms. The van der Waals surface area contributed by atoms with Gasteiger partial charge in [-0.25, -0.2) is 9.97 Å². The SMILES string of the molecule is CC.Cc1nc(NCCO)c2ncccc2n1. The summed E-state index contributed by atoms with van der Waals surface area (Å²) in [6.07, 6.45) is 1.70. The van der Waals surface area contributed by atoms with E-state index in [1.807, 2.05) is 32.9 Å². The molecule has 0 aromatic carbocycles. The van der Waals surface area contributed by atoms with E-state index in [1.54, 1.807) is 6.20 Å². The van der Waals surface area contributed by atoms with Gasteiger partial charge in [0.15, 0.2) is 5.82 Å². The Morgan fingerprint density at radius 3 is 2.76 bits per heavy atom. The van der Waals surface area contributed by atoms with Crippen LogP contribution in [0, 0.1) is 6.92 Å². The maximum absolute atomic E-state index is 8.74. The third-order valence-corrected chi connectivity index (χ3v) is 1.97. The van der Waals surface area contributed by atoms with Crippen LogP contribution in [0.3, 0.4) is 0 Å². The monoisotopic (exact) mass is 234 g/mol. The number of hydrogen-bond acceptors (Lipinski definition) is 5. The van der Waals surface area contributed by atoms with Crippen LogP contribution >= 0.6 is 0 Å². The molecule has 0 saturated carbocycles. The lowest BCUT2D eigenvalue weighted by Crippen LogP contribution is -2.09. The molecule has 0 atom stereocenters. The van der Waals surface area contributed by atoms with Gasteiger partial charge in [0, 0.05) is 12.7 Å². The zero-order chi connectivity index (χ0) is 12.7. The highest BCUT2D eigenvalue weighted by atomic mass is 16.3. The van der Waals surface area contributed by atoms with Gasteiger partial charge in [0.2, 0.25) is 0 Å². The van der Waals surface area contributed by atoms with Crippen molar-refractivity contribution >= 4 is 16.9 Å². The van der Waals surface area contributed by atoms with Crippen LogP contribution in [-0.4, -0.2) is 33.2 Å². The molecular formula is C12H18N4O. The number of nitrogens with zero attached hydrogens (tertiary/aromatic N) is 3. The van der Waals surface area contributed by atoms with Crippen LogP contribution < -0.4 is 5.32 Å². The Kier molecular flexibility index (Phi) is 5.29. The van der Waals surface area contributed by atoms with Crippen LogP contribution in [0.25, 0.3) is 11.0 Å². The van der Waals surface area contributed by atoms with Gasteiger partial charge in [0.05, 0.1) is 12.1 Å². The first-order valence-electron chi connectivity index (χ1n) is 5.75. The Hall–Kier alpha value is -1.75. The summed E-state index contributed by atoms with van der Waals surface area (Å²) in [6, 6.07) is 3.73. The summed E-state index contributed by atoms with van der Waals surface area (Å²) in [7, 11) is 0. The molecule has 0 unspecified atom stereocenters. The zero-order valence-electron chi connectivity index (χ0n) is 10.4. The Balaban J connectivity index is 0.000000686. The minimum atomic E-state index is 0.0668. The lowest BCUT2D eigenvalue weighted by Gasteiger charge is -2.06. The average Bonchev–Trinajstić information content (AvgIpc) is 2.38. The van der Waals surface area contributed by atoms with E-state index in [1.165, 1.54) is 0 Å². The highest BCUT2D eigenvalue weighted by Gasteiger charge is 2.05. The van der Waals surface area contributed by atoms with E-state index >= 15 is 0 Å². The molecule has 0 aliphatic heterocycles. The van der Waals surface area contributed by atoms with E-state index in [4.69, 9.17) is 5.11 Å². The summed E-state index contributed by atoms with van der Waals surface area (Å²) in [4.78, 5) is 12.7. The second kappa shape index (κ2) is 6.75. The van der Waals surface area contributed by atoms with Crippen LogP contribution in [-0.2, 0) is 0 Å². The van der Waals surface area contributed by atoms with Crippen LogP contribution in [0.4, 0.5) is 5.82 Å². The normalized spacial score (nSPS) is 9.65. The van der Waals surface area contributed by atoms with Gasteiger partial charge < -0.3 is 10.4 Å². The van der Waals surface area contributed by atoms with Crippen molar-refractivity contribution in [2.75, 3.05) is 18.5 Å². The van der Waals surface area contributed by atoms with Crippen molar-refractivity contribution in [3.05, 3.63) is 24.2 Å². The topological polar surface area (TPSA) is 70.9 Å². The standard InChI is InChI=1S/C10H12N4O.C2H6/c1-7-13-8-3-2-4-11-9(8)10(14-7)12-5-6-15;1-2/h2-4,15H,5-6H2,1H3,(H,12,13,14);1-2H3. The number of aliphatic hydroxyl groups excluding tert-OH is 1. The molecule has 2 heterocycles. The van der Waals surface area contributed by atoms with Crippen molar-refractivity contribution in [1.29, 1.82) is 0 Å². The molecule has 0 saturated heterocycles. The van der Waals surface area contributed by atoms with Crippen molar-refractivity contribution in [3.8, 4) is 0 Å². The molecule has 2 aromatic rings. The molecule has 2 aromatic heterocycles. The third-order valence-electron chi connectivity index (χ3n) is 1.97. The van der Waals surface area contributed by atoms with Crippen molar-refractivity contribution in [3.63, 3.8) is 0 Å². The van der Waals surface area contributed by atoms with Crippen LogP contribution in [0.1, 0.15) is 19.7 Å². The molecule has 0 amide bonds. The predicted octanol–water partition coefficient (Wildman–Crippen LogP) is 1.76. The van der Waals surface area contributed by atoms with Gasteiger partial charge in [-0.3, -0.25) is 4.98 Å². The van der Waals surface area contributed by atoms with E-state index in [2.05, 4.69) is 20.3 Å². The van der Waals surface area contributed by atoms with Gasteiger partial charge in [-0.1, -0.05) is 13.8 Å². The molecule has 2 rings (SSSR count). The lowest BCUT2D eigenvalue weighted by atomic mass is 10.3. The minimum Gasteiger partial charge on any atom is -0.395 e. The number of rotatable bonds is 3. The number of aromatic nitrogens is 3. The van der Waals surface area contributed by atoms with Crippen molar-refractivity contribution in [2.45, 2.75) is 20.8 Å². The Labute approximate surface area is 101 Å². The van der Waals surface area contributed by atoms with Crippen LogP contribution in [0.5, 0.6) is 0 Å². The fourth-order valence-corrected chi connectivity index (χ4v) is 1.38. The number of aliphatic hydroxyl groups is 1. The van der Waals surface area contributed by atoms with E-state index < -0.39 is 0 Å². The maximum Gasteiger partial charge on any atom is 0.156 e. The summed E-state index contributed by atoms with van der Waals surface area (Å²) in [5.74, 6) is 1.36. The molecule has 0 aliphatic rings. The van der Waals surface area contributed by atoms with Crippen LogP contribution in [0.2, 0.25) is 0 Å². The Morgan fingerprint density at radius 2 is 2.06 bits per heavy atom. The highest BCUT2D eigenvalue weighted by molar-refractivity contribution is 5.84. The highest BCUT2D eigenvalue weighted by Crippen LogP contribution is 2.16. The largest absolute Gasteiger partial charge is 0.395 e. The lowest BCUT2D eigenvalue weighted by molar-refractivity contribution is 0.311. The summed E-state index contributed by atoms with van der Waals surface area (Å²) in [5, 5.41) is 11.8.